The van der Waals surface area contributed by atoms with Crippen molar-refractivity contribution in [3.8, 4) is 0 Å². The van der Waals surface area contributed by atoms with Crippen LogP contribution in [0.5, 0.6) is 0 Å². The molecule has 1 aliphatic carbocycles. The van der Waals surface area contributed by atoms with Crippen LogP contribution in [0.4, 0.5) is 4.79 Å². The number of carbonyl (C=O) groups is 1. The summed E-state index contributed by atoms with van der Waals surface area (Å²) in [5, 5.41) is 12.2. The molecule has 25 heavy (non-hydrogen) atoms. The zero-order chi connectivity index (χ0) is 17.8. The Morgan fingerprint density at radius 1 is 1.36 bits per heavy atom. The van der Waals surface area contributed by atoms with E-state index in [1.165, 1.54) is 11.1 Å². The molecular formula is C20H26N2O3. The highest BCUT2D eigenvalue weighted by atomic mass is 16.3. The van der Waals surface area contributed by atoms with Crippen LogP contribution in [0.2, 0.25) is 0 Å². The second kappa shape index (κ2) is 7.74. The van der Waals surface area contributed by atoms with Crippen molar-refractivity contribution in [2.24, 2.45) is 0 Å². The normalized spacial score (nSPS) is 15.9. The lowest BCUT2D eigenvalue weighted by atomic mass is 10.1. The van der Waals surface area contributed by atoms with E-state index < -0.39 is 0 Å². The Kier molecular flexibility index (Phi) is 5.43. The third kappa shape index (κ3) is 3.87. The van der Waals surface area contributed by atoms with E-state index in [1.54, 1.807) is 0 Å². The summed E-state index contributed by atoms with van der Waals surface area (Å²) < 4.78 is 5.52. The average Bonchev–Trinajstić information content (AvgIpc) is 3.16. The molecule has 0 bridgehead atoms. The Morgan fingerprint density at radius 3 is 2.88 bits per heavy atom. The number of amides is 2. The second-order valence-corrected chi connectivity index (χ2v) is 6.62. The summed E-state index contributed by atoms with van der Waals surface area (Å²) in [6.45, 7) is 4.89. The highest BCUT2D eigenvalue weighted by Gasteiger charge is 2.30. The monoisotopic (exact) mass is 342 g/mol. The van der Waals surface area contributed by atoms with Gasteiger partial charge in [0.05, 0.1) is 6.04 Å². The number of rotatable bonds is 6. The number of carbonyl (C=O) groups excluding carboxylic acids is 1. The molecule has 0 fully saturated rings. The number of aliphatic hydroxyl groups excluding tert-OH is 1. The van der Waals surface area contributed by atoms with Crippen molar-refractivity contribution in [3.05, 3.63) is 58.5 Å². The Labute approximate surface area is 148 Å². The number of furan rings is 1. The molecule has 0 aliphatic heterocycles. The zero-order valence-electron chi connectivity index (χ0n) is 14.9. The van der Waals surface area contributed by atoms with Crippen molar-refractivity contribution in [1.29, 1.82) is 0 Å². The first-order chi connectivity index (χ1) is 12.1. The summed E-state index contributed by atoms with van der Waals surface area (Å²) in [5.41, 5.74) is 3.54. The molecule has 3 rings (SSSR count). The van der Waals surface area contributed by atoms with Gasteiger partial charge in [-0.25, -0.2) is 4.79 Å². The van der Waals surface area contributed by atoms with Crippen LogP contribution in [0.15, 0.2) is 34.7 Å². The third-order valence-corrected chi connectivity index (χ3v) is 4.87. The van der Waals surface area contributed by atoms with Gasteiger partial charge < -0.3 is 19.7 Å². The largest absolute Gasteiger partial charge is 0.466 e. The van der Waals surface area contributed by atoms with Crippen LogP contribution in [0.3, 0.4) is 0 Å². The standard InChI is InChI=1S/C20H26N2O3/c1-14-12-17(15(2)25-14)13-21-20(24)22(10-5-11-23)19-9-8-16-6-3-4-7-18(16)19/h3-4,6-7,12,19,23H,5,8-11,13H2,1-2H3,(H,21,24). The number of aryl methyl sites for hydroxylation is 3. The van der Waals surface area contributed by atoms with Gasteiger partial charge in [-0.3, -0.25) is 0 Å². The minimum atomic E-state index is -0.0894. The Hall–Kier alpha value is -2.27. The molecule has 1 unspecified atom stereocenters. The number of hydrogen-bond acceptors (Lipinski definition) is 3. The summed E-state index contributed by atoms with van der Waals surface area (Å²) in [6.07, 6.45) is 2.50. The van der Waals surface area contributed by atoms with Crippen molar-refractivity contribution in [3.63, 3.8) is 0 Å². The molecule has 5 heteroatoms. The first kappa shape index (κ1) is 17.5. The first-order valence-corrected chi connectivity index (χ1v) is 8.89. The SMILES string of the molecule is Cc1cc(CNC(=O)N(CCCO)C2CCc3ccccc32)c(C)o1. The van der Waals surface area contributed by atoms with E-state index in [2.05, 4.69) is 17.4 Å². The molecule has 1 aliphatic rings. The summed E-state index contributed by atoms with van der Waals surface area (Å²) >= 11 is 0. The number of nitrogens with zero attached hydrogens (tertiary/aromatic N) is 1. The van der Waals surface area contributed by atoms with Crippen LogP contribution in [-0.2, 0) is 13.0 Å². The van der Waals surface area contributed by atoms with Crippen LogP contribution in [0.25, 0.3) is 0 Å². The van der Waals surface area contributed by atoms with E-state index >= 15 is 0 Å². The molecule has 0 saturated carbocycles. The minimum Gasteiger partial charge on any atom is -0.466 e. The predicted octanol–water partition coefficient (Wildman–Crippen LogP) is 3.48. The van der Waals surface area contributed by atoms with Gasteiger partial charge in [-0.1, -0.05) is 24.3 Å². The Balaban J connectivity index is 1.72. The maximum Gasteiger partial charge on any atom is 0.318 e. The van der Waals surface area contributed by atoms with E-state index in [-0.39, 0.29) is 18.7 Å². The minimum absolute atomic E-state index is 0.0786. The number of hydrogen-bond donors (Lipinski definition) is 2. The first-order valence-electron chi connectivity index (χ1n) is 8.89. The van der Waals surface area contributed by atoms with Crippen molar-refractivity contribution in [2.75, 3.05) is 13.2 Å². The lowest BCUT2D eigenvalue weighted by Gasteiger charge is -2.30. The van der Waals surface area contributed by atoms with E-state index in [0.29, 0.717) is 19.5 Å². The lowest BCUT2D eigenvalue weighted by Crippen LogP contribution is -2.42. The van der Waals surface area contributed by atoms with Crippen LogP contribution < -0.4 is 5.32 Å². The topological polar surface area (TPSA) is 65.7 Å². The van der Waals surface area contributed by atoms with Crippen LogP contribution in [0.1, 0.15) is 47.1 Å². The molecule has 1 heterocycles. The van der Waals surface area contributed by atoms with Gasteiger partial charge in [-0.15, -0.1) is 0 Å². The van der Waals surface area contributed by atoms with E-state index in [1.807, 2.05) is 36.9 Å². The Bertz CT molecular complexity index is 738. The summed E-state index contributed by atoms with van der Waals surface area (Å²) in [5.74, 6) is 1.69. The second-order valence-electron chi connectivity index (χ2n) is 6.62. The third-order valence-electron chi connectivity index (χ3n) is 4.87. The lowest BCUT2D eigenvalue weighted by molar-refractivity contribution is 0.164. The van der Waals surface area contributed by atoms with Gasteiger partial charge in [-0.2, -0.15) is 0 Å². The zero-order valence-corrected chi connectivity index (χ0v) is 14.9. The van der Waals surface area contributed by atoms with Crippen LogP contribution in [0, 0.1) is 13.8 Å². The number of nitrogens with one attached hydrogen (secondary N) is 1. The molecule has 2 amide bonds. The van der Waals surface area contributed by atoms with Gasteiger partial charge >= 0.3 is 6.03 Å². The molecule has 0 spiro atoms. The van der Waals surface area contributed by atoms with Crippen molar-refractivity contribution < 1.29 is 14.3 Å². The van der Waals surface area contributed by atoms with Gasteiger partial charge in [-0.05, 0) is 50.3 Å². The molecule has 134 valence electrons. The number of fused-ring (bicyclic) bond motifs is 1. The molecule has 1 atom stereocenters. The van der Waals surface area contributed by atoms with E-state index in [0.717, 1.165) is 29.9 Å². The smallest absolute Gasteiger partial charge is 0.318 e. The highest BCUT2D eigenvalue weighted by Crippen LogP contribution is 2.35. The van der Waals surface area contributed by atoms with Gasteiger partial charge in [0.25, 0.3) is 0 Å². The molecule has 0 saturated heterocycles. The molecule has 1 aromatic carbocycles. The van der Waals surface area contributed by atoms with Crippen LogP contribution in [-0.4, -0.2) is 29.2 Å². The summed E-state index contributed by atoms with van der Waals surface area (Å²) in [6, 6.07) is 10.3. The predicted molar refractivity (Wildman–Crippen MR) is 96.3 cm³/mol. The fraction of sp³-hybridized carbons (Fsp3) is 0.450. The van der Waals surface area contributed by atoms with Crippen molar-refractivity contribution in [2.45, 2.75) is 45.7 Å². The highest BCUT2D eigenvalue weighted by molar-refractivity contribution is 5.75. The van der Waals surface area contributed by atoms with Crippen molar-refractivity contribution in [1.82, 2.24) is 10.2 Å². The quantitative estimate of drug-likeness (QED) is 0.845. The Morgan fingerprint density at radius 2 is 2.16 bits per heavy atom. The molecule has 1 aromatic heterocycles. The molecule has 0 radical (unpaired) electrons. The summed E-state index contributed by atoms with van der Waals surface area (Å²) in [4.78, 5) is 14.7. The van der Waals surface area contributed by atoms with Gasteiger partial charge in [0.15, 0.2) is 0 Å². The van der Waals surface area contributed by atoms with Crippen molar-refractivity contribution >= 4 is 6.03 Å². The molecule has 2 aromatic rings. The number of aliphatic hydroxyl groups is 1. The van der Waals surface area contributed by atoms with E-state index in [9.17, 15) is 9.90 Å². The molecular weight excluding hydrogens is 316 g/mol. The maximum atomic E-state index is 12.8. The number of benzene rings is 1. The van der Waals surface area contributed by atoms with Crippen LogP contribution >= 0.6 is 0 Å². The fourth-order valence-electron chi connectivity index (χ4n) is 3.63. The van der Waals surface area contributed by atoms with E-state index in [4.69, 9.17) is 4.42 Å². The average molecular weight is 342 g/mol. The molecule has 5 nitrogen and oxygen atoms in total. The number of urea groups is 1. The van der Waals surface area contributed by atoms with Gasteiger partial charge in [0.2, 0.25) is 0 Å². The van der Waals surface area contributed by atoms with Gasteiger partial charge in [0.1, 0.15) is 11.5 Å². The van der Waals surface area contributed by atoms with Gasteiger partial charge in [0, 0.05) is 25.3 Å². The maximum absolute atomic E-state index is 12.8. The molecule has 2 N–H and O–H groups in total. The summed E-state index contributed by atoms with van der Waals surface area (Å²) in [7, 11) is 0. The fourth-order valence-corrected chi connectivity index (χ4v) is 3.63.